The molecule has 1 aromatic heterocycles. The van der Waals surface area contributed by atoms with E-state index >= 15 is 0 Å². The molecule has 0 aromatic carbocycles. The summed E-state index contributed by atoms with van der Waals surface area (Å²) in [5.74, 6) is -1.57. The van der Waals surface area contributed by atoms with Crippen LogP contribution in [-0.2, 0) is 19.6 Å². The SMILES string of the molecule is COCCNS(=O)(=O)c1c[nH]c(C(=O)N2CCCCC2C(=O)O)c1. The molecule has 2 heterocycles. The number of carbonyl (C=O) groups excluding carboxylic acids is 1. The number of aromatic amines is 1. The maximum Gasteiger partial charge on any atom is 0.326 e. The molecule has 0 bridgehead atoms. The fraction of sp³-hybridized carbons (Fsp3) is 0.571. The second-order valence-electron chi connectivity index (χ2n) is 5.49. The third-order valence-corrected chi connectivity index (χ3v) is 5.28. The molecule has 1 aliphatic rings. The van der Waals surface area contributed by atoms with Crippen molar-refractivity contribution in [3.8, 4) is 0 Å². The molecule has 24 heavy (non-hydrogen) atoms. The maximum absolute atomic E-state index is 12.5. The highest BCUT2D eigenvalue weighted by Gasteiger charge is 2.33. The average Bonchev–Trinajstić information content (AvgIpc) is 3.05. The minimum Gasteiger partial charge on any atom is -0.480 e. The molecule has 0 saturated carbocycles. The lowest BCUT2D eigenvalue weighted by molar-refractivity contribution is -0.143. The van der Waals surface area contributed by atoms with Crippen LogP contribution in [0, 0.1) is 0 Å². The third-order valence-electron chi connectivity index (χ3n) is 3.84. The summed E-state index contributed by atoms with van der Waals surface area (Å²) < 4.78 is 31.3. The lowest BCUT2D eigenvalue weighted by Crippen LogP contribution is -2.48. The lowest BCUT2D eigenvalue weighted by Gasteiger charge is -2.32. The topological polar surface area (TPSA) is 129 Å². The lowest BCUT2D eigenvalue weighted by atomic mass is 10.0. The Hall–Kier alpha value is -1.91. The van der Waals surface area contributed by atoms with Crippen molar-refractivity contribution in [3.63, 3.8) is 0 Å². The molecular weight excluding hydrogens is 338 g/mol. The van der Waals surface area contributed by atoms with Gasteiger partial charge in [0.05, 0.1) is 6.61 Å². The van der Waals surface area contributed by atoms with Crippen LogP contribution in [-0.4, -0.2) is 68.1 Å². The highest BCUT2D eigenvalue weighted by molar-refractivity contribution is 7.89. The molecule has 1 unspecified atom stereocenters. The second kappa shape index (κ2) is 7.77. The summed E-state index contributed by atoms with van der Waals surface area (Å²) >= 11 is 0. The van der Waals surface area contributed by atoms with Crippen molar-refractivity contribution in [1.29, 1.82) is 0 Å². The van der Waals surface area contributed by atoms with Gasteiger partial charge >= 0.3 is 5.97 Å². The first-order chi connectivity index (χ1) is 11.4. The Balaban J connectivity index is 2.14. The molecule has 1 aromatic rings. The minimum absolute atomic E-state index is 0.0512. The highest BCUT2D eigenvalue weighted by Crippen LogP contribution is 2.21. The Bertz CT molecular complexity index is 699. The number of piperidine rings is 1. The summed E-state index contributed by atoms with van der Waals surface area (Å²) in [6.07, 6.45) is 3.07. The van der Waals surface area contributed by atoms with Gasteiger partial charge in [-0.3, -0.25) is 4.79 Å². The average molecular weight is 359 g/mol. The molecular formula is C14H21N3O6S. The zero-order chi connectivity index (χ0) is 17.7. The van der Waals surface area contributed by atoms with Gasteiger partial charge in [0, 0.05) is 26.4 Å². The summed E-state index contributed by atoms with van der Waals surface area (Å²) in [6.45, 7) is 0.674. The van der Waals surface area contributed by atoms with Crippen molar-refractivity contribution in [2.75, 3.05) is 26.8 Å². The number of rotatable bonds is 7. The fourth-order valence-electron chi connectivity index (χ4n) is 2.60. The summed E-state index contributed by atoms with van der Waals surface area (Å²) in [5, 5.41) is 9.24. The van der Waals surface area contributed by atoms with Crippen LogP contribution in [0.25, 0.3) is 0 Å². The van der Waals surface area contributed by atoms with Gasteiger partial charge in [0.15, 0.2) is 0 Å². The number of nitrogens with one attached hydrogen (secondary N) is 2. The number of H-pyrrole nitrogens is 1. The van der Waals surface area contributed by atoms with Crippen molar-refractivity contribution in [2.45, 2.75) is 30.2 Å². The zero-order valence-corrected chi connectivity index (χ0v) is 14.1. The van der Waals surface area contributed by atoms with Crippen molar-refractivity contribution >= 4 is 21.9 Å². The van der Waals surface area contributed by atoms with E-state index in [4.69, 9.17) is 4.74 Å². The number of hydrogen-bond acceptors (Lipinski definition) is 5. The predicted molar refractivity (Wildman–Crippen MR) is 84.2 cm³/mol. The third kappa shape index (κ3) is 4.13. The molecule has 1 atom stereocenters. The number of likely N-dealkylation sites (tertiary alicyclic amines) is 1. The number of aliphatic carboxylic acids is 1. The van der Waals surface area contributed by atoms with Crippen molar-refractivity contribution in [3.05, 3.63) is 18.0 Å². The van der Waals surface area contributed by atoms with Gasteiger partial charge < -0.3 is 19.7 Å². The molecule has 0 radical (unpaired) electrons. The molecule has 1 amide bonds. The molecule has 1 aliphatic heterocycles. The predicted octanol–water partition coefficient (Wildman–Crippen LogP) is 0.0187. The molecule has 9 nitrogen and oxygen atoms in total. The standard InChI is InChI=1S/C14H21N3O6S/c1-23-7-5-16-24(21,22)10-8-11(15-9-10)13(18)17-6-3-2-4-12(17)14(19)20/h8-9,12,15-16H,2-7H2,1H3,(H,19,20). The molecule has 3 N–H and O–H groups in total. The quantitative estimate of drug-likeness (QED) is 0.589. The molecule has 10 heteroatoms. The number of carboxylic acid groups (broad SMARTS) is 1. The Kier molecular flexibility index (Phi) is 5.97. The first-order valence-electron chi connectivity index (χ1n) is 7.57. The van der Waals surface area contributed by atoms with E-state index in [2.05, 4.69) is 9.71 Å². The first kappa shape index (κ1) is 18.4. The zero-order valence-electron chi connectivity index (χ0n) is 13.3. The summed E-state index contributed by atoms with van der Waals surface area (Å²) in [6, 6.07) is 0.333. The monoisotopic (exact) mass is 359 g/mol. The molecule has 1 fully saturated rings. The van der Waals surface area contributed by atoms with Crippen LogP contribution < -0.4 is 4.72 Å². The second-order valence-corrected chi connectivity index (χ2v) is 7.25. The largest absolute Gasteiger partial charge is 0.480 e. The van der Waals surface area contributed by atoms with Crippen LogP contribution in [0.1, 0.15) is 29.8 Å². The number of ether oxygens (including phenoxy) is 1. The number of amides is 1. The van der Waals surface area contributed by atoms with E-state index in [1.165, 1.54) is 24.3 Å². The van der Waals surface area contributed by atoms with Crippen LogP contribution in [0.5, 0.6) is 0 Å². The van der Waals surface area contributed by atoms with Gasteiger partial charge in [0.25, 0.3) is 5.91 Å². The normalized spacial score (nSPS) is 18.5. The number of nitrogens with zero attached hydrogens (tertiary/aromatic N) is 1. The van der Waals surface area contributed by atoms with E-state index in [0.29, 0.717) is 13.0 Å². The van der Waals surface area contributed by atoms with E-state index in [9.17, 15) is 23.1 Å². The van der Waals surface area contributed by atoms with E-state index in [0.717, 1.165) is 12.8 Å². The van der Waals surface area contributed by atoms with Gasteiger partial charge in [-0.05, 0) is 25.3 Å². The number of carboxylic acids is 1. The van der Waals surface area contributed by atoms with Crippen LogP contribution in [0.15, 0.2) is 17.2 Å². The Morgan fingerprint density at radius 3 is 2.88 bits per heavy atom. The van der Waals surface area contributed by atoms with Gasteiger partial charge in [-0.2, -0.15) is 0 Å². The molecule has 0 spiro atoms. The Morgan fingerprint density at radius 2 is 2.21 bits per heavy atom. The first-order valence-corrected chi connectivity index (χ1v) is 9.06. The van der Waals surface area contributed by atoms with E-state index in [1.807, 2.05) is 0 Å². The summed E-state index contributed by atoms with van der Waals surface area (Å²) in [7, 11) is -2.30. The van der Waals surface area contributed by atoms with Gasteiger partial charge in [-0.1, -0.05) is 0 Å². The van der Waals surface area contributed by atoms with Crippen LogP contribution in [0.3, 0.4) is 0 Å². The van der Waals surface area contributed by atoms with Gasteiger partial charge in [-0.25, -0.2) is 17.9 Å². The molecule has 0 aliphatic carbocycles. The van der Waals surface area contributed by atoms with E-state index in [-0.39, 0.29) is 23.7 Å². The molecule has 2 rings (SSSR count). The minimum atomic E-state index is -3.75. The number of methoxy groups -OCH3 is 1. The number of carbonyl (C=O) groups is 2. The summed E-state index contributed by atoms with van der Waals surface area (Å²) in [4.78, 5) is 27.6. The number of aromatic nitrogens is 1. The molecule has 134 valence electrons. The van der Waals surface area contributed by atoms with Gasteiger partial charge in [-0.15, -0.1) is 0 Å². The van der Waals surface area contributed by atoms with E-state index in [1.54, 1.807) is 0 Å². The smallest absolute Gasteiger partial charge is 0.326 e. The van der Waals surface area contributed by atoms with Crippen molar-refractivity contribution in [2.24, 2.45) is 0 Å². The van der Waals surface area contributed by atoms with Crippen molar-refractivity contribution < 1.29 is 27.9 Å². The van der Waals surface area contributed by atoms with Crippen molar-refractivity contribution in [1.82, 2.24) is 14.6 Å². The molecule has 1 saturated heterocycles. The van der Waals surface area contributed by atoms with Crippen LogP contribution in [0.4, 0.5) is 0 Å². The maximum atomic E-state index is 12.5. The Morgan fingerprint density at radius 1 is 1.46 bits per heavy atom. The fourth-order valence-corrected chi connectivity index (χ4v) is 3.61. The number of sulfonamides is 1. The van der Waals surface area contributed by atoms with Gasteiger partial charge in [0.1, 0.15) is 16.6 Å². The van der Waals surface area contributed by atoms with E-state index < -0.39 is 27.9 Å². The number of hydrogen-bond donors (Lipinski definition) is 3. The Labute approximate surface area is 140 Å². The van der Waals surface area contributed by atoms with Crippen LogP contribution in [0.2, 0.25) is 0 Å². The summed E-state index contributed by atoms with van der Waals surface area (Å²) in [5.41, 5.74) is 0.0512. The van der Waals surface area contributed by atoms with Crippen LogP contribution >= 0.6 is 0 Å². The van der Waals surface area contributed by atoms with Gasteiger partial charge in [0.2, 0.25) is 10.0 Å². The highest BCUT2D eigenvalue weighted by atomic mass is 32.2.